The number of sulfonamides is 1. The molecule has 0 fully saturated rings. The number of halogens is 3. The summed E-state index contributed by atoms with van der Waals surface area (Å²) in [6.07, 6.45) is -3.13. The highest BCUT2D eigenvalue weighted by Crippen LogP contribution is 2.38. The van der Waals surface area contributed by atoms with Crippen LogP contribution in [-0.2, 0) is 21.4 Å². The maximum Gasteiger partial charge on any atom is 0.490 e. The molecule has 3 N–H and O–H groups in total. The van der Waals surface area contributed by atoms with E-state index in [9.17, 15) is 21.6 Å². The van der Waals surface area contributed by atoms with Crippen molar-refractivity contribution in [2.24, 2.45) is 0 Å². The van der Waals surface area contributed by atoms with Gasteiger partial charge in [-0.05, 0) is 30.6 Å². The van der Waals surface area contributed by atoms with Crippen LogP contribution in [0.15, 0.2) is 46.1 Å². The van der Waals surface area contributed by atoms with Gasteiger partial charge in [-0.2, -0.15) is 13.2 Å². The van der Waals surface area contributed by atoms with Crippen molar-refractivity contribution in [1.82, 2.24) is 19.6 Å². The number of aliphatic carboxylic acids is 1. The van der Waals surface area contributed by atoms with Crippen molar-refractivity contribution in [2.75, 3.05) is 19.6 Å². The summed E-state index contributed by atoms with van der Waals surface area (Å²) < 4.78 is 60.0. The Kier molecular flexibility index (Phi) is 9.70. The predicted molar refractivity (Wildman–Crippen MR) is 144 cm³/mol. The zero-order chi connectivity index (χ0) is 28.1. The summed E-state index contributed by atoms with van der Waals surface area (Å²) in [5.41, 5.74) is 3.46. The van der Waals surface area contributed by atoms with Gasteiger partial charge in [-0.3, -0.25) is 4.90 Å². The second kappa shape index (κ2) is 12.4. The van der Waals surface area contributed by atoms with E-state index in [0.29, 0.717) is 16.3 Å². The Balaban J connectivity index is 0.000000505. The number of thiazole rings is 1. The van der Waals surface area contributed by atoms with Gasteiger partial charge >= 0.3 is 12.1 Å². The summed E-state index contributed by atoms with van der Waals surface area (Å²) in [7, 11) is -3.53. The number of aromatic nitrogens is 2. The molecular formula is C24H27F3N4O4S3. The third kappa shape index (κ3) is 6.99. The topological polar surface area (TPSA) is 115 Å². The molecular weight excluding hydrogens is 561 g/mol. The second-order valence-corrected chi connectivity index (χ2v) is 12.0. The van der Waals surface area contributed by atoms with Crippen LogP contribution in [0.4, 0.5) is 13.2 Å². The Bertz CT molecular complexity index is 1490. The van der Waals surface area contributed by atoms with Crippen LogP contribution in [-0.4, -0.2) is 60.2 Å². The molecule has 0 saturated carbocycles. The molecule has 0 bridgehead atoms. The van der Waals surface area contributed by atoms with Crippen molar-refractivity contribution >= 4 is 49.6 Å². The quantitative estimate of drug-likeness (QED) is 0.228. The molecule has 1 aromatic carbocycles. The Morgan fingerprint density at radius 3 is 2.45 bits per heavy atom. The Morgan fingerprint density at radius 2 is 1.84 bits per heavy atom. The van der Waals surface area contributed by atoms with Crippen LogP contribution in [0, 0.1) is 0 Å². The van der Waals surface area contributed by atoms with E-state index in [1.165, 1.54) is 16.2 Å². The molecule has 4 rings (SSSR count). The van der Waals surface area contributed by atoms with E-state index in [1.54, 1.807) is 18.3 Å². The number of fused-ring (bicyclic) bond motifs is 1. The van der Waals surface area contributed by atoms with Crippen LogP contribution in [0.2, 0.25) is 0 Å². The zero-order valence-corrected chi connectivity index (χ0v) is 23.2. The number of para-hydroxylation sites is 1. The molecule has 38 heavy (non-hydrogen) atoms. The van der Waals surface area contributed by atoms with Gasteiger partial charge < -0.3 is 10.1 Å². The fourth-order valence-electron chi connectivity index (χ4n) is 3.63. The first-order valence-electron chi connectivity index (χ1n) is 11.6. The lowest BCUT2D eigenvalue weighted by Crippen LogP contribution is -2.22. The fourth-order valence-corrected chi connectivity index (χ4v) is 7.02. The number of nitrogens with one attached hydrogen (secondary N) is 2. The number of carbonyl (C=O) groups is 1. The number of rotatable bonds is 9. The maximum absolute atomic E-state index is 12.7. The average molecular weight is 589 g/mol. The van der Waals surface area contributed by atoms with Crippen LogP contribution >= 0.6 is 22.7 Å². The van der Waals surface area contributed by atoms with Gasteiger partial charge in [0, 0.05) is 40.7 Å². The molecule has 0 amide bonds. The van der Waals surface area contributed by atoms with Gasteiger partial charge in [0.2, 0.25) is 0 Å². The number of H-pyrrole nitrogens is 1. The predicted octanol–water partition coefficient (Wildman–Crippen LogP) is 5.79. The van der Waals surface area contributed by atoms with Crippen molar-refractivity contribution < 1.29 is 31.5 Å². The van der Waals surface area contributed by atoms with E-state index in [0.717, 1.165) is 46.8 Å². The zero-order valence-electron chi connectivity index (χ0n) is 20.8. The second-order valence-electron chi connectivity index (χ2n) is 7.97. The molecule has 3 heterocycles. The first-order valence-corrected chi connectivity index (χ1v) is 14.8. The van der Waals surface area contributed by atoms with Gasteiger partial charge in [-0.15, -0.1) is 22.7 Å². The van der Waals surface area contributed by atoms with Crippen LogP contribution in [0.1, 0.15) is 25.6 Å². The Hall–Kier alpha value is -2.78. The minimum atomic E-state index is -5.08. The largest absolute Gasteiger partial charge is 0.490 e. The van der Waals surface area contributed by atoms with Crippen LogP contribution < -0.4 is 4.72 Å². The van der Waals surface area contributed by atoms with Gasteiger partial charge in [-0.25, -0.2) is 22.9 Å². The Labute approximate surface area is 226 Å². The van der Waals surface area contributed by atoms with Crippen molar-refractivity contribution in [3.05, 3.63) is 46.8 Å². The Morgan fingerprint density at radius 1 is 1.16 bits per heavy atom. The normalized spacial score (nSPS) is 12.1. The molecule has 8 nitrogen and oxygen atoms in total. The average Bonchev–Trinajstić information content (AvgIpc) is 3.61. The van der Waals surface area contributed by atoms with Crippen molar-refractivity contribution in [2.45, 2.75) is 37.7 Å². The van der Waals surface area contributed by atoms with Crippen molar-refractivity contribution in [3.8, 4) is 21.8 Å². The fraction of sp³-hybridized carbons (Fsp3) is 0.333. The lowest BCUT2D eigenvalue weighted by molar-refractivity contribution is -0.192. The van der Waals surface area contributed by atoms with E-state index >= 15 is 0 Å². The molecule has 0 saturated heterocycles. The van der Waals surface area contributed by atoms with Crippen molar-refractivity contribution in [3.63, 3.8) is 0 Å². The third-order valence-corrected chi connectivity index (χ3v) is 9.50. The van der Waals surface area contributed by atoms with Gasteiger partial charge in [0.25, 0.3) is 10.0 Å². The van der Waals surface area contributed by atoms with Gasteiger partial charge in [0.05, 0.1) is 11.2 Å². The molecule has 14 heteroatoms. The van der Waals surface area contributed by atoms with Gasteiger partial charge in [0.1, 0.15) is 9.22 Å². The number of benzene rings is 1. The summed E-state index contributed by atoms with van der Waals surface area (Å²) in [6.45, 7) is 9.40. The summed E-state index contributed by atoms with van der Waals surface area (Å²) in [4.78, 5) is 20.6. The maximum atomic E-state index is 12.7. The monoisotopic (exact) mass is 588 g/mol. The highest BCUT2D eigenvalue weighted by molar-refractivity contribution is 7.91. The van der Waals surface area contributed by atoms with Crippen LogP contribution in [0.3, 0.4) is 0 Å². The molecule has 0 radical (unpaired) electrons. The molecule has 0 aliphatic carbocycles. The number of thiophene rings is 1. The van der Waals surface area contributed by atoms with E-state index in [-0.39, 0.29) is 0 Å². The van der Waals surface area contributed by atoms with E-state index in [4.69, 9.17) is 9.90 Å². The summed E-state index contributed by atoms with van der Waals surface area (Å²) in [6, 6.07) is 9.92. The van der Waals surface area contributed by atoms with Gasteiger partial charge in [0.15, 0.2) is 0 Å². The SMILES string of the molecule is CCNS(=O)(=O)c1sccc1-c1cccc2cc(-c3ncc(CN(CC)CC)s3)[nH]c12.O=C(O)C(F)(F)F. The molecule has 0 aliphatic rings. The van der Waals surface area contributed by atoms with E-state index in [1.807, 2.05) is 35.8 Å². The summed E-state index contributed by atoms with van der Waals surface area (Å²) >= 11 is 2.93. The number of hydrogen-bond donors (Lipinski definition) is 3. The molecule has 0 unspecified atom stereocenters. The molecule has 206 valence electrons. The highest BCUT2D eigenvalue weighted by Gasteiger charge is 2.38. The molecule has 0 aliphatic heterocycles. The number of aromatic amines is 1. The molecule has 4 aromatic rings. The number of nitrogens with zero attached hydrogens (tertiary/aromatic N) is 2. The number of carboxylic acid groups (broad SMARTS) is 1. The third-order valence-electron chi connectivity index (χ3n) is 5.45. The smallest absolute Gasteiger partial charge is 0.475 e. The van der Waals surface area contributed by atoms with E-state index in [2.05, 4.69) is 39.5 Å². The first-order chi connectivity index (χ1) is 17.9. The number of alkyl halides is 3. The summed E-state index contributed by atoms with van der Waals surface area (Å²) in [5, 5.41) is 10.9. The molecule has 3 aromatic heterocycles. The van der Waals surface area contributed by atoms with Crippen LogP contribution in [0.5, 0.6) is 0 Å². The minimum Gasteiger partial charge on any atom is -0.475 e. The van der Waals surface area contributed by atoms with E-state index < -0.39 is 22.2 Å². The first kappa shape index (κ1) is 29.8. The van der Waals surface area contributed by atoms with Crippen LogP contribution in [0.25, 0.3) is 32.7 Å². The number of carboxylic acids is 1. The molecule has 0 atom stereocenters. The van der Waals surface area contributed by atoms with Crippen molar-refractivity contribution in [1.29, 1.82) is 0 Å². The lowest BCUT2D eigenvalue weighted by Gasteiger charge is -2.15. The molecule has 0 spiro atoms. The number of hydrogen-bond acceptors (Lipinski definition) is 7. The minimum absolute atomic E-state index is 0.341. The highest BCUT2D eigenvalue weighted by atomic mass is 32.2. The summed E-state index contributed by atoms with van der Waals surface area (Å²) in [5.74, 6) is -2.76. The standard InChI is InChI=1S/C22H26N4O2S3.C2HF3O2/c1-4-24-31(27,28)22-18(10-11-29-22)17-9-7-8-15-12-19(25-20(15)17)21-23-13-16(30-21)14-26(5-2)6-3;3-2(4,5)1(6)7/h7-13,24-25H,4-6,14H2,1-3H3;(H,6,7). The lowest BCUT2D eigenvalue weighted by atomic mass is 10.1. The van der Waals surface area contributed by atoms with Gasteiger partial charge in [-0.1, -0.05) is 39.0 Å².